The Bertz CT molecular complexity index is 847. The Morgan fingerprint density at radius 2 is 1.88 bits per heavy atom. The lowest BCUT2D eigenvalue weighted by Crippen LogP contribution is -2.16. The molecule has 2 rings (SSSR count). The molecule has 0 spiro atoms. The molecule has 0 bridgehead atoms. The van der Waals surface area contributed by atoms with Crippen molar-refractivity contribution in [1.82, 2.24) is 0 Å². The summed E-state index contributed by atoms with van der Waals surface area (Å²) >= 11 is 0. The van der Waals surface area contributed by atoms with Gasteiger partial charge in [-0.1, -0.05) is 24.3 Å². The van der Waals surface area contributed by atoms with Gasteiger partial charge in [-0.15, -0.1) is 0 Å². The second kappa shape index (κ2) is 7.35. The average molecular weight is 348 g/mol. The molecule has 0 aliphatic rings. The molecule has 24 heavy (non-hydrogen) atoms. The molecule has 0 saturated carbocycles. The van der Waals surface area contributed by atoms with E-state index in [1.807, 2.05) is 19.1 Å². The highest BCUT2D eigenvalue weighted by Crippen LogP contribution is 2.29. The zero-order valence-corrected chi connectivity index (χ0v) is 14.6. The molecule has 0 saturated heterocycles. The monoisotopic (exact) mass is 348 g/mol. The van der Waals surface area contributed by atoms with Crippen LogP contribution in [0.5, 0.6) is 5.75 Å². The summed E-state index contributed by atoms with van der Waals surface area (Å²) in [6, 6.07) is 12.1. The van der Waals surface area contributed by atoms with Crippen molar-refractivity contribution in [3.63, 3.8) is 0 Å². The highest BCUT2D eigenvalue weighted by Gasteiger charge is 2.16. The maximum absolute atomic E-state index is 12.5. The normalized spacial score (nSPS) is 11.0. The minimum Gasteiger partial charge on any atom is -0.495 e. The van der Waals surface area contributed by atoms with E-state index >= 15 is 0 Å². The molecule has 128 valence electrons. The predicted molar refractivity (Wildman–Crippen MR) is 94.7 cm³/mol. The van der Waals surface area contributed by atoms with Crippen LogP contribution in [-0.2, 0) is 20.6 Å². The lowest BCUT2D eigenvalue weighted by molar-refractivity contribution is -0.114. The molecule has 0 atom stereocenters. The molecule has 2 N–H and O–H groups in total. The van der Waals surface area contributed by atoms with Gasteiger partial charge in [-0.25, -0.2) is 8.42 Å². The van der Waals surface area contributed by atoms with Crippen molar-refractivity contribution in [3.05, 3.63) is 53.6 Å². The van der Waals surface area contributed by atoms with E-state index in [9.17, 15) is 13.2 Å². The van der Waals surface area contributed by atoms with Gasteiger partial charge in [-0.05, 0) is 36.2 Å². The molecule has 0 aliphatic heterocycles. The van der Waals surface area contributed by atoms with Crippen molar-refractivity contribution < 1.29 is 17.9 Å². The summed E-state index contributed by atoms with van der Waals surface area (Å²) in [4.78, 5) is 11.2. The number of carbonyl (C=O) groups excluding carboxylic acids is 1. The number of methoxy groups -OCH3 is 1. The smallest absolute Gasteiger partial charge is 0.237 e. The van der Waals surface area contributed by atoms with Gasteiger partial charge in [-0.3, -0.25) is 9.52 Å². The molecular weight excluding hydrogens is 328 g/mol. The number of hydrogen-bond acceptors (Lipinski definition) is 4. The van der Waals surface area contributed by atoms with E-state index < -0.39 is 10.0 Å². The Morgan fingerprint density at radius 3 is 2.50 bits per heavy atom. The molecule has 1 amide bonds. The number of hydrogen-bond donors (Lipinski definition) is 2. The number of anilines is 2. The van der Waals surface area contributed by atoms with Gasteiger partial charge in [0.1, 0.15) is 5.75 Å². The first kappa shape index (κ1) is 17.8. The summed E-state index contributed by atoms with van der Waals surface area (Å²) < 4.78 is 32.6. The Morgan fingerprint density at radius 1 is 1.17 bits per heavy atom. The first-order valence-corrected chi connectivity index (χ1v) is 8.96. The molecule has 0 heterocycles. The lowest BCUT2D eigenvalue weighted by Gasteiger charge is -2.14. The van der Waals surface area contributed by atoms with E-state index in [4.69, 9.17) is 4.74 Å². The third kappa shape index (κ3) is 4.73. The van der Waals surface area contributed by atoms with Crippen LogP contribution >= 0.6 is 0 Å². The number of rotatable bonds is 6. The van der Waals surface area contributed by atoms with Crippen LogP contribution in [0.3, 0.4) is 0 Å². The number of sulfonamides is 1. The zero-order valence-electron chi connectivity index (χ0n) is 13.8. The van der Waals surface area contributed by atoms with Crippen LogP contribution in [-0.4, -0.2) is 21.4 Å². The molecule has 0 radical (unpaired) electrons. The Labute approximate surface area is 141 Å². The highest BCUT2D eigenvalue weighted by atomic mass is 32.2. The predicted octanol–water partition coefficient (Wildman–Crippen LogP) is 2.90. The standard InChI is InChI=1S/C17H20N2O4S/c1-12-6-4-5-7-14(12)11-24(21,22)19-16-10-15(18-13(2)20)8-9-17(16)23-3/h4-10,19H,11H2,1-3H3,(H,18,20). The van der Waals surface area contributed by atoms with Gasteiger partial charge in [0.25, 0.3) is 0 Å². The fourth-order valence-corrected chi connectivity index (χ4v) is 3.55. The van der Waals surface area contributed by atoms with Gasteiger partial charge in [0, 0.05) is 12.6 Å². The van der Waals surface area contributed by atoms with Gasteiger partial charge >= 0.3 is 0 Å². The first-order valence-electron chi connectivity index (χ1n) is 7.31. The van der Waals surface area contributed by atoms with Crippen LogP contribution in [0.25, 0.3) is 0 Å². The van der Waals surface area contributed by atoms with E-state index in [2.05, 4.69) is 10.0 Å². The third-order valence-electron chi connectivity index (χ3n) is 3.39. The number of ether oxygens (including phenoxy) is 1. The molecule has 0 aromatic heterocycles. The first-order chi connectivity index (χ1) is 11.3. The number of benzene rings is 2. The van der Waals surface area contributed by atoms with Crippen LogP contribution < -0.4 is 14.8 Å². The van der Waals surface area contributed by atoms with Crippen LogP contribution in [0.15, 0.2) is 42.5 Å². The van der Waals surface area contributed by atoms with Crippen LogP contribution in [0, 0.1) is 6.92 Å². The van der Waals surface area contributed by atoms with Gasteiger partial charge in [0.15, 0.2) is 0 Å². The molecule has 0 fully saturated rings. The highest BCUT2D eigenvalue weighted by molar-refractivity contribution is 7.91. The van der Waals surface area contributed by atoms with E-state index in [0.29, 0.717) is 11.4 Å². The quantitative estimate of drug-likeness (QED) is 0.841. The summed E-state index contributed by atoms with van der Waals surface area (Å²) in [5.74, 6) is -0.0148. The SMILES string of the molecule is COc1ccc(NC(C)=O)cc1NS(=O)(=O)Cc1ccccc1C. The molecule has 2 aromatic carbocycles. The van der Waals surface area contributed by atoms with Crippen molar-refractivity contribution in [2.75, 3.05) is 17.1 Å². The van der Waals surface area contributed by atoms with E-state index in [1.54, 1.807) is 24.3 Å². The summed E-state index contributed by atoms with van der Waals surface area (Å²) in [5.41, 5.74) is 2.39. The van der Waals surface area contributed by atoms with Gasteiger partial charge in [0.05, 0.1) is 18.6 Å². The maximum Gasteiger partial charge on any atom is 0.237 e. The third-order valence-corrected chi connectivity index (χ3v) is 4.61. The number of carbonyl (C=O) groups is 1. The summed E-state index contributed by atoms with van der Waals surface area (Å²) in [5, 5.41) is 2.61. The minimum atomic E-state index is -3.63. The topological polar surface area (TPSA) is 84.5 Å². The van der Waals surface area contributed by atoms with Crippen LogP contribution in [0.4, 0.5) is 11.4 Å². The maximum atomic E-state index is 12.5. The van der Waals surface area contributed by atoms with Crippen molar-refractivity contribution >= 4 is 27.3 Å². The number of nitrogens with one attached hydrogen (secondary N) is 2. The van der Waals surface area contributed by atoms with Gasteiger partial charge in [0.2, 0.25) is 15.9 Å². The average Bonchev–Trinajstić information content (AvgIpc) is 2.49. The van der Waals surface area contributed by atoms with Gasteiger partial charge in [-0.2, -0.15) is 0 Å². The molecule has 2 aromatic rings. The summed E-state index contributed by atoms with van der Waals surface area (Å²) in [6.07, 6.45) is 0. The summed E-state index contributed by atoms with van der Waals surface area (Å²) in [6.45, 7) is 3.25. The summed E-state index contributed by atoms with van der Waals surface area (Å²) in [7, 11) is -2.18. The lowest BCUT2D eigenvalue weighted by atomic mass is 10.1. The molecule has 0 aliphatic carbocycles. The Kier molecular flexibility index (Phi) is 5.46. The molecule has 6 nitrogen and oxygen atoms in total. The fourth-order valence-electron chi connectivity index (χ4n) is 2.25. The van der Waals surface area contributed by atoms with Crippen LogP contribution in [0.2, 0.25) is 0 Å². The van der Waals surface area contributed by atoms with Crippen molar-refractivity contribution in [1.29, 1.82) is 0 Å². The number of aryl methyl sites for hydroxylation is 1. The largest absolute Gasteiger partial charge is 0.495 e. The second-order valence-corrected chi connectivity index (χ2v) is 7.11. The fraction of sp³-hybridized carbons (Fsp3) is 0.235. The van der Waals surface area contributed by atoms with Crippen molar-refractivity contribution in [3.8, 4) is 5.75 Å². The molecule has 7 heteroatoms. The second-order valence-electron chi connectivity index (χ2n) is 5.38. The molecular formula is C17H20N2O4S. The molecule has 0 unspecified atom stereocenters. The van der Waals surface area contributed by atoms with Crippen molar-refractivity contribution in [2.24, 2.45) is 0 Å². The van der Waals surface area contributed by atoms with Crippen molar-refractivity contribution in [2.45, 2.75) is 19.6 Å². The zero-order chi connectivity index (χ0) is 17.7. The minimum absolute atomic E-state index is 0.146. The van der Waals surface area contributed by atoms with Gasteiger partial charge < -0.3 is 10.1 Å². The van der Waals surface area contributed by atoms with E-state index in [1.165, 1.54) is 20.1 Å². The van der Waals surface area contributed by atoms with Crippen LogP contribution in [0.1, 0.15) is 18.1 Å². The number of amides is 1. The Balaban J connectivity index is 2.27. The van der Waals surface area contributed by atoms with E-state index in [-0.39, 0.29) is 17.3 Å². The van der Waals surface area contributed by atoms with E-state index in [0.717, 1.165) is 11.1 Å². The Hall–Kier alpha value is -2.54.